The predicted octanol–water partition coefficient (Wildman–Crippen LogP) is 6.33. The lowest BCUT2D eigenvalue weighted by Crippen LogP contribution is -2.03. The highest BCUT2D eigenvalue weighted by molar-refractivity contribution is 7.98. The summed E-state index contributed by atoms with van der Waals surface area (Å²) in [7, 11) is 0. The zero-order valence-corrected chi connectivity index (χ0v) is 18.1. The molecule has 1 fully saturated rings. The van der Waals surface area contributed by atoms with Crippen LogP contribution in [0, 0.1) is 0 Å². The summed E-state index contributed by atoms with van der Waals surface area (Å²) in [6.45, 7) is 0. The molecule has 1 aromatic carbocycles. The Morgan fingerprint density at radius 1 is 1.11 bits per heavy atom. The van der Waals surface area contributed by atoms with Crippen LogP contribution in [-0.4, -0.2) is 19.7 Å². The van der Waals surface area contributed by atoms with Crippen molar-refractivity contribution in [1.82, 2.24) is 19.7 Å². The van der Waals surface area contributed by atoms with Gasteiger partial charge in [-0.05, 0) is 36.4 Å². The summed E-state index contributed by atoms with van der Waals surface area (Å²) >= 11 is 11.1. The van der Waals surface area contributed by atoms with Crippen molar-refractivity contribution in [2.75, 3.05) is 0 Å². The monoisotopic (exact) mass is 444 g/mol. The molecule has 0 N–H and O–H groups in total. The van der Waals surface area contributed by atoms with Gasteiger partial charge in [0.2, 0.25) is 0 Å². The molecule has 4 nitrogen and oxygen atoms in total. The fourth-order valence-corrected chi connectivity index (χ4v) is 5.71. The van der Waals surface area contributed by atoms with Crippen molar-refractivity contribution in [2.24, 2.45) is 0 Å². The van der Waals surface area contributed by atoms with Crippen LogP contribution in [-0.2, 0) is 12.2 Å². The van der Waals surface area contributed by atoms with E-state index in [1.807, 2.05) is 24.3 Å². The molecule has 1 aliphatic rings. The molecule has 3 aromatic heterocycles. The van der Waals surface area contributed by atoms with Crippen LogP contribution >= 0.6 is 46.0 Å². The Hall–Kier alpha value is -1.67. The number of hydrogen-bond acceptors (Lipinski definition) is 6. The minimum Gasteiger partial charge on any atom is -0.303 e. The van der Waals surface area contributed by atoms with Gasteiger partial charge in [-0.1, -0.05) is 41.6 Å². The maximum absolute atomic E-state index is 5.98. The number of thiophene rings is 1. The van der Waals surface area contributed by atoms with Gasteiger partial charge in [0.1, 0.15) is 10.8 Å². The van der Waals surface area contributed by atoms with Crippen molar-refractivity contribution in [2.45, 2.75) is 36.2 Å². The zero-order valence-electron chi connectivity index (χ0n) is 14.9. The first kappa shape index (κ1) is 18.4. The molecule has 1 saturated carbocycles. The highest BCUT2D eigenvalue weighted by Crippen LogP contribution is 2.40. The van der Waals surface area contributed by atoms with Gasteiger partial charge in [-0.2, -0.15) is 0 Å². The molecule has 1 aliphatic carbocycles. The molecular weight excluding hydrogens is 428 g/mol. The normalized spacial score (nSPS) is 13.9. The van der Waals surface area contributed by atoms with E-state index in [4.69, 9.17) is 16.6 Å². The van der Waals surface area contributed by atoms with Crippen LogP contribution < -0.4 is 0 Å². The number of benzene rings is 1. The summed E-state index contributed by atoms with van der Waals surface area (Å²) in [5.41, 5.74) is 2.18. The molecule has 5 rings (SSSR count). The van der Waals surface area contributed by atoms with Crippen molar-refractivity contribution < 1.29 is 0 Å². The van der Waals surface area contributed by atoms with E-state index in [1.54, 1.807) is 34.4 Å². The first-order valence-corrected chi connectivity index (χ1v) is 12.2. The van der Waals surface area contributed by atoms with Crippen LogP contribution in [0.2, 0.25) is 5.02 Å². The largest absolute Gasteiger partial charge is 0.303 e. The summed E-state index contributed by atoms with van der Waals surface area (Å²) in [4.78, 5) is 6.11. The molecule has 0 radical (unpaired) electrons. The van der Waals surface area contributed by atoms with Gasteiger partial charge in [-0.3, -0.25) is 0 Å². The molecule has 0 amide bonds. The molecule has 0 saturated heterocycles. The van der Waals surface area contributed by atoms with Gasteiger partial charge in [0.25, 0.3) is 0 Å². The second-order valence-corrected chi connectivity index (χ2v) is 9.96. The molecule has 0 unspecified atom stereocenters. The van der Waals surface area contributed by atoms with Crippen LogP contribution in [0.1, 0.15) is 35.3 Å². The maximum Gasteiger partial charge on any atom is 0.191 e. The van der Waals surface area contributed by atoms with Crippen LogP contribution in [0.5, 0.6) is 0 Å². The van der Waals surface area contributed by atoms with E-state index in [0.29, 0.717) is 6.04 Å². The minimum atomic E-state index is 0.563. The molecule has 0 spiro atoms. The zero-order chi connectivity index (χ0) is 18.9. The highest BCUT2D eigenvalue weighted by Gasteiger charge is 2.29. The van der Waals surface area contributed by atoms with E-state index in [-0.39, 0.29) is 0 Å². The lowest BCUT2D eigenvalue weighted by molar-refractivity contribution is 0.635. The highest BCUT2D eigenvalue weighted by atomic mass is 35.5. The fraction of sp³-hybridized carbons (Fsp3) is 0.250. The van der Waals surface area contributed by atoms with Crippen LogP contribution in [0.4, 0.5) is 0 Å². The number of halogens is 1. The molecule has 0 aliphatic heterocycles. The summed E-state index contributed by atoms with van der Waals surface area (Å²) in [6, 6.07) is 12.6. The summed E-state index contributed by atoms with van der Waals surface area (Å²) < 4.78 is 2.34. The molecule has 142 valence electrons. The standard InChI is InChI=1S/C20H17ClN4S3/c21-14-5-3-13(4-6-14)19-22-15(11-27-19)12-28-20-24-23-18(25(20)16-7-8-16)10-17-2-1-9-26-17/h1-6,9,11,16H,7-8,10,12H2. The summed E-state index contributed by atoms with van der Waals surface area (Å²) in [6.07, 6.45) is 3.31. The van der Waals surface area contributed by atoms with Gasteiger partial charge in [0.05, 0.1) is 5.69 Å². The number of thiazole rings is 1. The lowest BCUT2D eigenvalue weighted by atomic mass is 10.2. The fourth-order valence-electron chi connectivity index (χ4n) is 3.03. The molecule has 28 heavy (non-hydrogen) atoms. The predicted molar refractivity (Wildman–Crippen MR) is 118 cm³/mol. The van der Waals surface area contributed by atoms with Crippen LogP contribution in [0.3, 0.4) is 0 Å². The van der Waals surface area contributed by atoms with Gasteiger partial charge < -0.3 is 4.57 Å². The van der Waals surface area contributed by atoms with Gasteiger partial charge >= 0.3 is 0 Å². The number of nitrogens with zero attached hydrogens (tertiary/aromatic N) is 4. The Kier molecular flexibility index (Phi) is 5.24. The minimum absolute atomic E-state index is 0.563. The molecular formula is C20H17ClN4S3. The molecule has 3 heterocycles. The van der Waals surface area contributed by atoms with Crippen molar-refractivity contribution in [3.63, 3.8) is 0 Å². The molecule has 0 bridgehead atoms. The van der Waals surface area contributed by atoms with Crippen molar-refractivity contribution in [3.8, 4) is 10.6 Å². The average molecular weight is 445 g/mol. The third-order valence-electron chi connectivity index (χ3n) is 4.55. The van der Waals surface area contributed by atoms with Crippen molar-refractivity contribution in [1.29, 1.82) is 0 Å². The van der Waals surface area contributed by atoms with Gasteiger partial charge in [-0.15, -0.1) is 32.9 Å². The Morgan fingerprint density at radius 3 is 2.71 bits per heavy atom. The Morgan fingerprint density at radius 2 is 1.96 bits per heavy atom. The van der Waals surface area contributed by atoms with Crippen molar-refractivity contribution >= 4 is 46.0 Å². The SMILES string of the molecule is Clc1ccc(-c2nc(CSc3nnc(Cc4cccs4)n3C3CC3)cs2)cc1. The Bertz CT molecular complexity index is 1070. The second kappa shape index (κ2) is 7.99. The van der Waals surface area contributed by atoms with E-state index in [0.717, 1.165) is 44.4 Å². The van der Waals surface area contributed by atoms with Crippen molar-refractivity contribution in [3.05, 3.63) is 68.6 Å². The summed E-state index contributed by atoms with van der Waals surface area (Å²) in [5.74, 6) is 1.88. The number of aromatic nitrogens is 4. The quantitative estimate of drug-likeness (QED) is 0.312. The lowest BCUT2D eigenvalue weighted by Gasteiger charge is -2.07. The smallest absolute Gasteiger partial charge is 0.191 e. The maximum atomic E-state index is 5.98. The second-order valence-electron chi connectivity index (χ2n) is 6.70. The van der Waals surface area contributed by atoms with Gasteiger partial charge in [-0.25, -0.2) is 4.98 Å². The third-order valence-corrected chi connectivity index (χ3v) is 7.60. The van der Waals surface area contributed by atoms with Crippen LogP contribution in [0.25, 0.3) is 10.6 Å². The molecule has 4 aromatic rings. The molecule has 0 atom stereocenters. The number of thioether (sulfide) groups is 1. The first-order valence-electron chi connectivity index (χ1n) is 9.05. The van der Waals surface area contributed by atoms with E-state index < -0.39 is 0 Å². The van der Waals surface area contributed by atoms with E-state index in [2.05, 4.69) is 37.7 Å². The topological polar surface area (TPSA) is 43.6 Å². The Labute approximate surface area is 180 Å². The van der Waals surface area contributed by atoms with E-state index >= 15 is 0 Å². The summed E-state index contributed by atoms with van der Waals surface area (Å²) in [5, 5.41) is 16.0. The average Bonchev–Trinajstić information content (AvgIpc) is 3.11. The Balaban J connectivity index is 1.30. The van der Waals surface area contributed by atoms with Gasteiger partial charge in [0, 0.05) is 39.1 Å². The van der Waals surface area contributed by atoms with E-state index in [9.17, 15) is 0 Å². The van der Waals surface area contributed by atoms with Gasteiger partial charge in [0.15, 0.2) is 5.16 Å². The van der Waals surface area contributed by atoms with Crippen LogP contribution in [0.15, 0.2) is 52.3 Å². The number of hydrogen-bond donors (Lipinski definition) is 0. The third kappa shape index (κ3) is 4.03. The number of rotatable bonds is 7. The first-order chi connectivity index (χ1) is 13.8. The van der Waals surface area contributed by atoms with E-state index in [1.165, 1.54) is 17.7 Å². The molecule has 8 heteroatoms.